The number of unbranched alkanes of at least 4 members (excludes halogenated alkanes) is 17. The first-order valence-electron chi connectivity index (χ1n) is 21.6. The fraction of sp³-hybridized carbons (Fsp3) is 0.711. The summed E-state index contributed by atoms with van der Waals surface area (Å²) in [5.74, 6) is -0.230. The largest absolute Gasteiger partial charge is 0.472 e. The van der Waals surface area contributed by atoms with Crippen LogP contribution in [0.3, 0.4) is 0 Å². The molecule has 0 spiro atoms. The van der Waals surface area contributed by atoms with Crippen molar-refractivity contribution in [1.82, 2.24) is 5.32 Å². The summed E-state index contributed by atoms with van der Waals surface area (Å²) in [4.78, 5) is 22.7. The second kappa shape index (κ2) is 40.6. The van der Waals surface area contributed by atoms with Gasteiger partial charge in [-0.25, -0.2) is 4.57 Å². The highest BCUT2D eigenvalue weighted by atomic mass is 31.2. The summed E-state index contributed by atoms with van der Waals surface area (Å²) in [6.45, 7) is 3.97. The maximum atomic E-state index is 12.7. The molecular weight excluding hydrogens is 695 g/mol. The Hall–Kier alpha value is -2.06. The van der Waals surface area contributed by atoms with Crippen molar-refractivity contribution in [3.05, 3.63) is 72.9 Å². The molecule has 54 heavy (non-hydrogen) atoms. The molecular formula is C45H81N2O6P. The molecule has 0 aromatic carbocycles. The van der Waals surface area contributed by atoms with E-state index in [1.807, 2.05) is 6.08 Å². The Morgan fingerprint density at radius 3 is 1.65 bits per heavy atom. The summed E-state index contributed by atoms with van der Waals surface area (Å²) < 4.78 is 22.1. The Morgan fingerprint density at radius 1 is 0.630 bits per heavy atom. The van der Waals surface area contributed by atoms with Crippen LogP contribution in [-0.4, -0.2) is 47.8 Å². The zero-order valence-electron chi connectivity index (χ0n) is 34.4. The Balaban J connectivity index is 4.34. The van der Waals surface area contributed by atoms with Crippen molar-refractivity contribution in [3.63, 3.8) is 0 Å². The van der Waals surface area contributed by atoms with E-state index in [0.717, 1.165) is 77.0 Å². The standard InChI is InChI=1S/C45H81N2O6P/c1-3-5-7-9-11-13-15-17-19-21-23-24-26-28-30-32-34-36-38-44(48)43(42-53-54(50,51)52-41-40-46)47-45(49)39-37-35-33-31-29-27-25-22-20-18-16-14-12-10-8-6-4-2/h6,8,12,14,18,20,25,27-28,30,36,38,43-44,48H,3-5,7,9-11,13,15-17,19,21-24,26,29,31-35,37,39-42,46H2,1-2H3,(H,47,49)(H,50,51)/b8-6-,14-12-,20-18-,27-25-,30-28+,38-36+. The molecule has 0 aliphatic heterocycles. The summed E-state index contributed by atoms with van der Waals surface area (Å²) >= 11 is 0. The zero-order valence-corrected chi connectivity index (χ0v) is 35.3. The molecule has 0 bridgehead atoms. The summed E-state index contributed by atoms with van der Waals surface area (Å²) in [5, 5.41) is 13.6. The number of carbonyl (C=O) groups is 1. The third-order valence-corrected chi connectivity index (χ3v) is 10.0. The van der Waals surface area contributed by atoms with Gasteiger partial charge in [-0.2, -0.15) is 0 Å². The first-order chi connectivity index (χ1) is 26.4. The van der Waals surface area contributed by atoms with Gasteiger partial charge in [0.05, 0.1) is 25.4 Å². The lowest BCUT2D eigenvalue weighted by molar-refractivity contribution is -0.123. The number of aliphatic hydroxyl groups is 1. The Bertz CT molecular complexity index is 1070. The maximum absolute atomic E-state index is 12.7. The average Bonchev–Trinajstić information content (AvgIpc) is 3.16. The number of nitrogens with one attached hydrogen (secondary N) is 1. The second-order valence-corrected chi connectivity index (χ2v) is 15.6. The molecule has 0 rings (SSSR count). The van der Waals surface area contributed by atoms with E-state index in [0.29, 0.717) is 6.42 Å². The molecule has 0 radical (unpaired) electrons. The van der Waals surface area contributed by atoms with Crippen molar-refractivity contribution in [1.29, 1.82) is 0 Å². The molecule has 9 heteroatoms. The molecule has 0 saturated heterocycles. The van der Waals surface area contributed by atoms with Crippen LogP contribution in [0.2, 0.25) is 0 Å². The molecule has 3 atom stereocenters. The van der Waals surface area contributed by atoms with Crippen molar-refractivity contribution in [2.75, 3.05) is 19.8 Å². The maximum Gasteiger partial charge on any atom is 0.472 e. The van der Waals surface area contributed by atoms with Gasteiger partial charge in [0.15, 0.2) is 0 Å². The molecule has 0 aliphatic rings. The minimum Gasteiger partial charge on any atom is -0.387 e. The highest BCUT2D eigenvalue weighted by Gasteiger charge is 2.26. The Kier molecular flexibility index (Phi) is 39.0. The SMILES string of the molecule is CC/C=C\C/C=C\C/C=C\C/C=C\CCCCCCC(=O)NC(COP(=O)(O)OCCN)C(O)/C=C/CC/C=C/CCCCCCCCCCCCCC. The summed E-state index contributed by atoms with van der Waals surface area (Å²) in [5.41, 5.74) is 5.37. The fourth-order valence-corrected chi connectivity index (χ4v) is 6.54. The van der Waals surface area contributed by atoms with E-state index in [9.17, 15) is 19.4 Å². The van der Waals surface area contributed by atoms with Crippen LogP contribution in [0.5, 0.6) is 0 Å². The van der Waals surface area contributed by atoms with Crippen molar-refractivity contribution in [3.8, 4) is 0 Å². The lowest BCUT2D eigenvalue weighted by Gasteiger charge is -2.23. The number of hydrogen-bond donors (Lipinski definition) is 4. The minimum absolute atomic E-state index is 0.0662. The molecule has 8 nitrogen and oxygen atoms in total. The van der Waals surface area contributed by atoms with E-state index in [2.05, 4.69) is 79.9 Å². The van der Waals surface area contributed by atoms with Crippen LogP contribution in [0.15, 0.2) is 72.9 Å². The zero-order chi connectivity index (χ0) is 39.6. The van der Waals surface area contributed by atoms with E-state index in [1.165, 1.54) is 77.0 Å². The van der Waals surface area contributed by atoms with Gasteiger partial charge in [-0.05, 0) is 70.6 Å². The van der Waals surface area contributed by atoms with Crippen molar-refractivity contribution in [2.24, 2.45) is 5.73 Å². The predicted octanol–water partition coefficient (Wildman–Crippen LogP) is 12.1. The Labute approximate surface area is 331 Å². The van der Waals surface area contributed by atoms with E-state index in [1.54, 1.807) is 6.08 Å². The van der Waals surface area contributed by atoms with Gasteiger partial charge in [0, 0.05) is 13.0 Å². The molecule has 0 aromatic rings. The molecule has 0 heterocycles. The van der Waals surface area contributed by atoms with Crippen LogP contribution >= 0.6 is 7.82 Å². The third-order valence-electron chi connectivity index (χ3n) is 9.02. The van der Waals surface area contributed by atoms with Crippen LogP contribution in [-0.2, 0) is 18.4 Å². The number of nitrogens with two attached hydrogens (primary N) is 1. The van der Waals surface area contributed by atoms with Gasteiger partial charge in [0.25, 0.3) is 0 Å². The summed E-state index contributed by atoms with van der Waals surface area (Å²) in [6.07, 6.45) is 52.4. The monoisotopic (exact) mass is 777 g/mol. The van der Waals surface area contributed by atoms with Crippen molar-refractivity contribution < 1.29 is 28.4 Å². The summed E-state index contributed by atoms with van der Waals surface area (Å²) in [6, 6.07) is -0.893. The molecule has 5 N–H and O–H groups in total. The van der Waals surface area contributed by atoms with Gasteiger partial charge in [-0.15, -0.1) is 0 Å². The average molecular weight is 777 g/mol. The molecule has 3 unspecified atom stereocenters. The molecule has 1 amide bonds. The van der Waals surface area contributed by atoms with Gasteiger partial charge >= 0.3 is 7.82 Å². The molecule has 0 saturated carbocycles. The lowest BCUT2D eigenvalue weighted by atomic mass is 10.0. The van der Waals surface area contributed by atoms with Gasteiger partial charge in [-0.3, -0.25) is 13.8 Å². The fourth-order valence-electron chi connectivity index (χ4n) is 5.78. The van der Waals surface area contributed by atoms with E-state index in [4.69, 9.17) is 14.8 Å². The van der Waals surface area contributed by atoms with Crippen molar-refractivity contribution >= 4 is 13.7 Å². The third kappa shape index (κ3) is 38.2. The van der Waals surface area contributed by atoms with Crippen LogP contribution in [0.25, 0.3) is 0 Å². The number of rotatable bonds is 39. The lowest BCUT2D eigenvalue weighted by Crippen LogP contribution is -2.45. The quantitative estimate of drug-likeness (QED) is 0.0278. The van der Waals surface area contributed by atoms with Crippen LogP contribution in [0.4, 0.5) is 0 Å². The molecule has 0 fully saturated rings. The van der Waals surface area contributed by atoms with Gasteiger partial charge in [0.2, 0.25) is 5.91 Å². The van der Waals surface area contributed by atoms with Crippen LogP contribution in [0.1, 0.15) is 174 Å². The normalized spacial score (nSPS) is 14.8. The molecule has 0 aliphatic carbocycles. The number of amides is 1. The topological polar surface area (TPSA) is 131 Å². The number of aliphatic hydroxyl groups excluding tert-OH is 1. The predicted molar refractivity (Wildman–Crippen MR) is 230 cm³/mol. The summed E-state index contributed by atoms with van der Waals surface area (Å²) in [7, 11) is -4.36. The highest BCUT2D eigenvalue weighted by molar-refractivity contribution is 7.47. The number of hydrogen-bond acceptors (Lipinski definition) is 6. The molecule has 0 aromatic heterocycles. The number of phosphoric acid groups is 1. The number of carbonyl (C=O) groups excluding carboxylic acids is 1. The number of allylic oxidation sites excluding steroid dienone is 11. The second-order valence-electron chi connectivity index (χ2n) is 14.2. The smallest absolute Gasteiger partial charge is 0.387 e. The minimum atomic E-state index is -4.36. The van der Waals surface area contributed by atoms with Crippen LogP contribution in [0, 0.1) is 0 Å². The molecule has 312 valence electrons. The van der Waals surface area contributed by atoms with Crippen LogP contribution < -0.4 is 11.1 Å². The van der Waals surface area contributed by atoms with Gasteiger partial charge in [-0.1, -0.05) is 170 Å². The first-order valence-corrected chi connectivity index (χ1v) is 23.1. The number of phosphoric ester groups is 1. The van der Waals surface area contributed by atoms with Gasteiger partial charge in [0.1, 0.15) is 0 Å². The van der Waals surface area contributed by atoms with Gasteiger partial charge < -0.3 is 21.1 Å². The highest BCUT2D eigenvalue weighted by Crippen LogP contribution is 2.43. The first kappa shape index (κ1) is 51.9. The Morgan fingerprint density at radius 2 is 1.09 bits per heavy atom. The van der Waals surface area contributed by atoms with E-state index >= 15 is 0 Å². The van der Waals surface area contributed by atoms with E-state index < -0.39 is 20.0 Å². The van der Waals surface area contributed by atoms with E-state index in [-0.39, 0.29) is 25.7 Å². The van der Waals surface area contributed by atoms with Crippen molar-refractivity contribution in [2.45, 2.75) is 187 Å².